The van der Waals surface area contributed by atoms with E-state index in [1.807, 2.05) is 6.20 Å². The van der Waals surface area contributed by atoms with Gasteiger partial charge in [-0.3, -0.25) is 9.58 Å². The smallest absolute Gasteiger partial charge is 0.0534 e. The summed E-state index contributed by atoms with van der Waals surface area (Å²) in [6.45, 7) is 15.2. The first kappa shape index (κ1) is 19.7. The monoisotopic (exact) mass is 355 g/mol. The average Bonchev–Trinajstić information content (AvgIpc) is 3.08. The summed E-state index contributed by atoms with van der Waals surface area (Å²) in [7, 11) is 0. The second kappa shape index (κ2) is 9.18. The summed E-state index contributed by atoms with van der Waals surface area (Å²) in [4.78, 5) is 5.29. The lowest BCUT2D eigenvalue weighted by molar-refractivity contribution is 0.178. The molecule has 0 aliphatic carbocycles. The lowest BCUT2D eigenvalue weighted by atomic mass is 9.89. The second-order valence-electron chi connectivity index (χ2n) is 7.75. The topological polar surface area (TPSA) is 36.3 Å². The first-order valence-corrected chi connectivity index (χ1v) is 9.34. The van der Waals surface area contributed by atoms with Crippen LogP contribution in [0.5, 0.6) is 0 Å². The molecule has 2 saturated heterocycles. The number of hydrogen-bond donors (Lipinski definition) is 1. The van der Waals surface area contributed by atoms with E-state index in [4.69, 9.17) is 0 Å². The fraction of sp³-hybridized carbons (Fsp3) is 0.833. The molecular formula is C18H34ClN5. The van der Waals surface area contributed by atoms with E-state index in [2.05, 4.69) is 44.9 Å². The van der Waals surface area contributed by atoms with Crippen molar-refractivity contribution in [3.05, 3.63) is 18.0 Å². The van der Waals surface area contributed by atoms with Crippen molar-refractivity contribution < 1.29 is 0 Å². The fourth-order valence-electron chi connectivity index (χ4n) is 3.98. The number of hydrogen-bond acceptors (Lipinski definition) is 4. The van der Waals surface area contributed by atoms with E-state index in [0.29, 0.717) is 5.41 Å². The van der Waals surface area contributed by atoms with E-state index in [9.17, 15) is 0 Å². The molecule has 0 spiro atoms. The zero-order valence-corrected chi connectivity index (χ0v) is 16.2. The summed E-state index contributed by atoms with van der Waals surface area (Å²) in [5.74, 6) is 0. The third-order valence-corrected chi connectivity index (χ3v) is 5.29. The molecule has 5 nitrogen and oxygen atoms in total. The molecule has 1 aromatic heterocycles. The summed E-state index contributed by atoms with van der Waals surface area (Å²) in [6, 6.07) is 0. The molecule has 0 radical (unpaired) electrons. The van der Waals surface area contributed by atoms with E-state index in [1.165, 1.54) is 64.2 Å². The summed E-state index contributed by atoms with van der Waals surface area (Å²) >= 11 is 0. The van der Waals surface area contributed by atoms with Crippen molar-refractivity contribution in [3.63, 3.8) is 0 Å². The number of nitrogens with zero attached hydrogens (tertiary/aromatic N) is 4. The lowest BCUT2D eigenvalue weighted by Crippen LogP contribution is -2.39. The molecule has 2 fully saturated rings. The minimum Gasteiger partial charge on any atom is -0.316 e. The highest BCUT2D eigenvalue weighted by atomic mass is 35.5. The molecule has 0 saturated carbocycles. The zero-order chi connectivity index (χ0) is 16.1. The predicted molar refractivity (Wildman–Crippen MR) is 102 cm³/mol. The van der Waals surface area contributed by atoms with Gasteiger partial charge in [-0.1, -0.05) is 13.8 Å². The van der Waals surface area contributed by atoms with Crippen molar-refractivity contribution >= 4 is 12.4 Å². The van der Waals surface area contributed by atoms with Crippen LogP contribution in [0.1, 0.15) is 38.7 Å². The maximum Gasteiger partial charge on any atom is 0.0534 e. The highest BCUT2D eigenvalue weighted by Gasteiger charge is 2.31. The Morgan fingerprint density at radius 3 is 2.75 bits per heavy atom. The summed E-state index contributed by atoms with van der Waals surface area (Å²) in [5.41, 5.74) is 1.84. The predicted octanol–water partition coefficient (Wildman–Crippen LogP) is 2.22. The molecule has 0 amide bonds. The summed E-state index contributed by atoms with van der Waals surface area (Å²) in [6.07, 6.45) is 8.02. The number of aromatic nitrogens is 2. The van der Waals surface area contributed by atoms with E-state index in [1.54, 1.807) is 0 Å². The van der Waals surface area contributed by atoms with Crippen LogP contribution < -0.4 is 5.32 Å². The van der Waals surface area contributed by atoms with Crippen LogP contribution in [0, 0.1) is 5.41 Å². The largest absolute Gasteiger partial charge is 0.316 e. The van der Waals surface area contributed by atoms with E-state index < -0.39 is 0 Å². The molecule has 0 aromatic carbocycles. The van der Waals surface area contributed by atoms with Crippen LogP contribution in [0.25, 0.3) is 0 Å². The van der Waals surface area contributed by atoms with Gasteiger partial charge in [0, 0.05) is 51.0 Å². The highest BCUT2D eigenvalue weighted by Crippen LogP contribution is 2.26. The Labute approximate surface area is 153 Å². The van der Waals surface area contributed by atoms with Crippen LogP contribution in [0.4, 0.5) is 0 Å². The summed E-state index contributed by atoms with van der Waals surface area (Å²) < 4.78 is 2.08. The maximum atomic E-state index is 4.46. The quantitative estimate of drug-likeness (QED) is 0.848. The number of rotatable bonds is 6. The van der Waals surface area contributed by atoms with Crippen molar-refractivity contribution in [1.29, 1.82) is 0 Å². The Hall–Kier alpha value is -0.620. The van der Waals surface area contributed by atoms with Crippen LogP contribution in [-0.4, -0.2) is 65.4 Å². The minimum absolute atomic E-state index is 0. The van der Waals surface area contributed by atoms with Crippen molar-refractivity contribution in [2.75, 3.05) is 45.8 Å². The van der Waals surface area contributed by atoms with Crippen molar-refractivity contribution in [2.45, 2.75) is 46.2 Å². The molecule has 1 atom stereocenters. The van der Waals surface area contributed by atoms with E-state index >= 15 is 0 Å². The Morgan fingerprint density at radius 1 is 1.21 bits per heavy atom. The Morgan fingerprint density at radius 2 is 2.00 bits per heavy atom. The number of nitrogens with one attached hydrogen (secondary N) is 1. The highest BCUT2D eigenvalue weighted by molar-refractivity contribution is 5.85. The first-order chi connectivity index (χ1) is 11.2. The molecule has 1 aromatic rings. The molecule has 1 N–H and O–H groups in total. The fourth-order valence-corrected chi connectivity index (χ4v) is 3.98. The zero-order valence-electron chi connectivity index (χ0n) is 15.3. The Bertz CT molecular complexity index is 484. The third-order valence-electron chi connectivity index (χ3n) is 5.29. The Kier molecular flexibility index (Phi) is 7.54. The van der Waals surface area contributed by atoms with Gasteiger partial charge < -0.3 is 10.2 Å². The molecule has 138 valence electrons. The first-order valence-electron chi connectivity index (χ1n) is 9.34. The average molecular weight is 356 g/mol. The van der Waals surface area contributed by atoms with Gasteiger partial charge in [-0.2, -0.15) is 5.10 Å². The van der Waals surface area contributed by atoms with Crippen LogP contribution in [-0.2, 0) is 13.1 Å². The second-order valence-corrected chi connectivity index (χ2v) is 7.75. The van der Waals surface area contributed by atoms with Gasteiger partial charge in [0.05, 0.1) is 6.20 Å². The Balaban J connectivity index is 0.00000208. The van der Waals surface area contributed by atoms with Gasteiger partial charge in [-0.15, -0.1) is 12.4 Å². The molecule has 1 unspecified atom stereocenters. The van der Waals surface area contributed by atoms with E-state index in [-0.39, 0.29) is 12.4 Å². The standard InChI is InChI=1S/C18H33N5.ClH/c1-3-7-23-14-17(12-20-23)13-21-8-4-9-22(11-10-21)16-18(2)5-6-19-15-18;/h12,14,19H,3-11,13,15-16H2,1-2H3;1H. The minimum atomic E-state index is 0. The van der Waals surface area contributed by atoms with Gasteiger partial charge in [0.1, 0.15) is 0 Å². The molecule has 2 aliphatic rings. The molecule has 3 heterocycles. The van der Waals surface area contributed by atoms with Crippen LogP contribution in [0.2, 0.25) is 0 Å². The van der Waals surface area contributed by atoms with Gasteiger partial charge in [0.2, 0.25) is 0 Å². The molecule has 0 bridgehead atoms. The summed E-state index contributed by atoms with van der Waals surface area (Å²) in [5, 5.41) is 7.99. The van der Waals surface area contributed by atoms with Gasteiger partial charge in [-0.25, -0.2) is 0 Å². The van der Waals surface area contributed by atoms with Gasteiger partial charge >= 0.3 is 0 Å². The van der Waals surface area contributed by atoms with Gasteiger partial charge in [0.25, 0.3) is 0 Å². The number of halogens is 1. The SMILES string of the molecule is CCCn1cc(CN2CCCN(CC3(C)CCNC3)CC2)cn1.Cl. The van der Waals surface area contributed by atoms with E-state index in [0.717, 1.165) is 19.5 Å². The molecule has 2 aliphatic heterocycles. The van der Waals surface area contributed by atoms with Crippen molar-refractivity contribution in [1.82, 2.24) is 24.9 Å². The normalized spacial score (nSPS) is 26.2. The van der Waals surface area contributed by atoms with Gasteiger partial charge in [0.15, 0.2) is 0 Å². The van der Waals surface area contributed by atoms with Crippen molar-refractivity contribution in [3.8, 4) is 0 Å². The van der Waals surface area contributed by atoms with Crippen LogP contribution >= 0.6 is 12.4 Å². The lowest BCUT2D eigenvalue weighted by Gasteiger charge is -2.31. The third kappa shape index (κ3) is 5.45. The van der Waals surface area contributed by atoms with Crippen molar-refractivity contribution in [2.24, 2.45) is 5.41 Å². The van der Waals surface area contributed by atoms with Crippen LogP contribution in [0.15, 0.2) is 12.4 Å². The molecule has 6 heteroatoms. The number of aryl methyl sites for hydroxylation is 1. The molecule has 3 rings (SSSR count). The van der Waals surface area contributed by atoms with Crippen LogP contribution in [0.3, 0.4) is 0 Å². The van der Waals surface area contributed by atoms with Gasteiger partial charge in [-0.05, 0) is 44.3 Å². The molecular weight excluding hydrogens is 322 g/mol. The maximum absolute atomic E-state index is 4.46. The molecule has 24 heavy (non-hydrogen) atoms.